The van der Waals surface area contributed by atoms with E-state index in [1.165, 1.54) is 10.5 Å². The van der Waals surface area contributed by atoms with Crippen molar-refractivity contribution < 1.29 is 4.74 Å². The van der Waals surface area contributed by atoms with Crippen molar-refractivity contribution in [3.8, 4) is 5.75 Å². The van der Waals surface area contributed by atoms with Crippen LogP contribution in [0.5, 0.6) is 5.75 Å². The summed E-state index contributed by atoms with van der Waals surface area (Å²) in [5.41, 5.74) is 1.21. The van der Waals surface area contributed by atoms with E-state index in [0.29, 0.717) is 0 Å². The summed E-state index contributed by atoms with van der Waals surface area (Å²) in [5.74, 6) is 0.993. The van der Waals surface area contributed by atoms with E-state index in [1.54, 1.807) is 11.8 Å². The number of aryl methyl sites for hydroxylation is 1. The van der Waals surface area contributed by atoms with Gasteiger partial charge in [0.25, 0.3) is 0 Å². The molecule has 0 amide bonds. The van der Waals surface area contributed by atoms with E-state index in [2.05, 4.69) is 25.3 Å². The maximum absolute atomic E-state index is 5.64. The molecule has 0 radical (unpaired) electrons. The lowest BCUT2D eigenvalue weighted by Crippen LogP contribution is -2.06. The van der Waals surface area contributed by atoms with E-state index >= 15 is 0 Å². The van der Waals surface area contributed by atoms with Gasteiger partial charge in [0.05, 0.1) is 6.10 Å². The van der Waals surface area contributed by atoms with Crippen LogP contribution in [0.15, 0.2) is 23.1 Å². The summed E-state index contributed by atoms with van der Waals surface area (Å²) in [4.78, 5) is 1.29. The lowest BCUT2D eigenvalue weighted by molar-refractivity contribution is 0.240. The SMILES string of the molecule is CSc1ccc(OC(C)C)c(C)c1. The fourth-order valence-corrected chi connectivity index (χ4v) is 1.63. The molecule has 0 atom stereocenters. The minimum absolute atomic E-state index is 0.249. The van der Waals surface area contributed by atoms with Gasteiger partial charge < -0.3 is 4.74 Å². The molecule has 72 valence electrons. The van der Waals surface area contributed by atoms with Gasteiger partial charge in [-0.1, -0.05) is 0 Å². The number of hydrogen-bond donors (Lipinski definition) is 0. The Labute approximate surface area is 84.5 Å². The van der Waals surface area contributed by atoms with Crippen molar-refractivity contribution in [3.05, 3.63) is 23.8 Å². The summed E-state index contributed by atoms with van der Waals surface area (Å²) in [5, 5.41) is 0. The predicted molar refractivity (Wildman–Crippen MR) is 58.7 cm³/mol. The Morgan fingerprint density at radius 1 is 1.31 bits per heavy atom. The van der Waals surface area contributed by atoms with Crippen molar-refractivity contribution in [1.82, 2.24) is 0 Å². The van der Waals surface area contributed by atoms with Crippen LogP contribution in [0.4, 0.5) is 0 Å². The fourth-order valence-electron chi connectivity index (χ4n) is 1.14. The molecule has 0 heterocycles. The van der Waals surface area contributed by atoms with Crippen LogP contribution in [-0.4, -0.2) is 12.4 Å². The van der Waals surface area contributed by atoms with Gasteiger partial charge in [0, 0.05) is 4.90 Å². The van der Waals surface area contributed by atoms with Gasteiger partial charge in [-0.15, -0.1) is 11.8 Å². The zero-order valence-corrected chi connectivity index (χ0v) is 9.44. The van der Waals surface area contributed by atoms with Crippen LogP contribution in [0.2, 0.25) is 0 Å². The monoisotopic (exact) mass is 196 g/mol. The van der Waals surface area contributed by atoms with Crippen LogP contribution in [0.25, 0.3) is 0 Å². The Morgan fingerprint density at radius 2 is 2.00 bits per heavy atom. The molecular formula is C11H16OS. The molecule has 13 heavy (non-hydrogen) atoms. The van der Waals surface area contributed by atoms with Gasteiger partial charge >= 0.3 is 0 Å². The Hall–Kier alpha value is -0.630. The fraction of sp³-hybridized carbons (Fsp3) is 0.455. The number of hydrogen-bond acceptors (Lipinski definition) is 2. The van der Waals surface area contributed by atoms with E-state index < -0.39 is 0 Å². The Kier molecular flexibility index (Phi) is 3.67. The summed E-state index contributed by atoms with van der Waals surface area (Å²) < 4.78 is 5.64. The van der Waals surface area contributed by atoms with Crippen molar-refractivity contribution >= 4 is 11.8 Å². The Balaban J connectivity index is 2.85. The molecule has 0 aliphatic heterocycles. The highest BCUT2D eigenvalue weighted by Crippen LogP contribution is 2.24. The van der Waals surface area contributed by atoms with E-state index in [1.807, 2.05) is 19.9 Å². The van der Waals surface area contributed by atoms with Gasteiger partial charge in [0.1, 0.15) is 5.75 Å². The topological polar surface area (TPSA) is 9.23 Å². The highest BCUT2D eigenvalue weighted by atomic mass is 32.2. The average Bonchev–Trinajstić information content (AvgIpc) is 2.08. The van der Waals surface area contributed by atoms with Gasteiger partial charge in [-0.05, 0) is 50.8 Å². The predicted octanol–water partition coefficient (Wildman–Crippen LogP) is 3.50. The van der Waals surface area contributed by atoms with Crippen molar-refractivity contribution in [2.45, 2.75) is 31.8 Å². The largest absolute Gasteiger partial charge is 0.491 e. The molecule has 1 nitrogen and oxygen atoms in total. The smallest absolute Gasteiger partial charge is 0.122 e. The van der Waals surface area contributed by atoms with Gasteiger partial charge in [0.2, 0.25) is 0 Å². The number of benzene rings is 1. The molecular weight excluding hydrogens is 180 g/mol. The van der Waals surface area contributed by atoms with Gasteiger partial charge in [0.15, 0.2) is 0 Å². The van der Waals surface area contributed by atoms with Crippen LogP contribution in [0.1, 0.15) is 19.4 Å². The molecule has 0 aromatic heterocycles. The van der Waals surface area contributed by atoms with Crippen LogP contribution in [0, 0.1) is 6.92 Å². The van der Waals surface area contributed by atoms with E-state index in [9.17, 15) is 0 Å². The highest BCUT2D eigenvalue weighted by molar-refractivity contribution is 7.98. The van der Waals surface area contributed by atoms with Crippen LogP contribution in [-0.2, 0) is 0 Å². The molecule has 0 saturated heterocycles. The standard InChI is InChI=1S/C11H16OS/c1-8(2)12-11-6-5-10(13-4)7-9(11)3/h5-8H,1-4H3. The number of thioether (sulfide) groups is 1. The first-order valence-electron chi connectivity index (χ1n) is 4.44. The summed E-state index contributed by atoms with van der Waals surface area (Å²) in [6, 6.07) is 6.29. The van der Waals surface area contributed by atoms with Gasteiger partial charge in [-0.3, -0.25) is 0 Å². The molecule has 0 saturated carbocycles. The Morgan fingerprint density at radius 3 is 2.46 bits per heavy atom. The highest BCUT2D eigenvalue weighted by Gasteiger charge is 2.02. The molecule has 1 rings (SSSR count). The summed E-state index contributed by atoms with van der Waals surface area (Å²) in [6.45, 7) is 6.17. The zero-order chi connectivity index (χ0) is 9.84. The maximum Gasteiger partial charge on any atom is 0.122 e. The lowest BCUT2D eigenvalue weighted by atomic mass is 10.2. The summed E-state index contributed by atoms with van der Waals surface area (Å²) >= 11 is 1.75. The first-order valence-corrected chi connectivity index (χ1v) is 5.67. The number of rotatable bonds is 3. The minimum atomic E-state index is 0.249. The molecule has 0 unspecified atom stereocenters. The molecule has 0 N–H and O–H groups in total. The molecule has 1 aromatic rings. The van der Waals surface area contributed by atoms with Crippen molar-refractivity contribution in [3.63, 3.8) is 0 Å². The maximum atomic E-state index is 5.64. The second-order valence-electron chi connectivity index (χ2n) is 3.30. The molecule has 0 aliphatic carbocycles. The molecule has 0 spiro atoms. The molecule has 0 bridgehead atoms. The quantitative estimate of drug-likeness (QED) is 0.684. The normalized spacial score (nSPS) is 10.5. The molecule has 2 heteroatoms. The first-order chi connectivity index (χ1) is 6.13. The van der Waals surface area contributed by atoms with Crippen LogP contribution >= 0.6 is 11.8 Å². The van der Waals surface area contributed by atoms with Crippen LogP contribution < -0.4 is 4.74 Å². The molecule has 0 aliphatic rings. The second-order valence-corrected chi connectivity index (χ2v) is 4.18. The number of ether oxygens (including phenoxy) is 1. The van der Waals surface area contributed by atoms with Crippen molar-refractivity contribution in [2.24, 2.45) is 0 Å². The first kappa shape index (κ1) is 10.5. The third kappa shape index (κ3) is 2.96. The third-order valence-electron chi connectivity index (χ3n) is 1.74. The third-order valence-corrected chi connectivity index (χ3v) is 2.47. The summed E-state index contributed by atoms with van der Waals surface area (Å²) in [7, 11) is 0. The van der Waals surface area contributed by atoms with Crippen molar-refractivity contribution in [1.29, 1.82) is 0 Å². The average molecular weight is 196 g/mol. The minimum Gasteiger partial charge on any atom is -0.491 e. The van der Waals surface area contributed by atoms with E-state index in [4.69, 9.17) is 4.74 Å². The van der Waals surface area contributed by atoms with Gasteiger partial charge in [-0.25, -0.2) is 0 Å². The summed E-state index contributed by atoms with van der Waals surface area (Å²) in [6.07, 6.45) is 2.33. The van der Waals surface area contributed by atoms with E-state index in [0.717, 1.165) is 5.75 Å². The van der Waals surface area contributed by atoms with Gasteiger partial charge in [-0.2, -0.15) is 0 Å². The van der Waals surface area contributed by atoms with Crippen LogP contribution in [0.3, 0.4) is 0 Å². The molecule has 0 fully saturated rings. The molecule has 1 aromatic carbocycles. The van der Waals surface area contributed by atoms with E-state index in [-0.39, 0.29) is 6.10 Å². The Bertz CT molecular complexity index is 281. The second kappa shape index (κ2) is 4.56. The zero-order valence-electron chi connectivity index (χ0n) is 8.63. The lowest BCUT2D eigenvalue weighted by Gasteiger charge is -2.12. The van der Waals surface area contributed by atoms with Crippen molar-refractivity contribution in [2.75, 3.05) is 6.26 Å².